The van der Waals surface area contributed by atoms with Crippen molar-refractivity contribution in [3.63, 3.8) is 0 Å². The monoisotopic (exact) mass is 469 g/mol. The molecule has 2 aromatic carbocycles. The number of anilines is 1. The molecule has 0 spiro atoms. The highest BCUT2D eigenvalue weighted by Crippen LogP contribution is 2.38. The number of nitrogen functional groups attached to an aromatic ring is 1. The van der Waals surface area contributed by atoms with Gasteiger partial charge in [0.2, 0.25) is 0 Å². The van der Waals surface area contributed by atoms with Crippen molar-refractivity contribution >= 4 is 40.3 Å². The second kappa shape index (κ2) is 10.1. The highest BCUT2D eigenvalue weighted by Gasteiger charge is 2.18. The van der Waals surface area contributed by atoms with Gasteiger partial charge in [0.1, 0.15) is 17.8 Å². The summed E-state index contributed by atoms with van der Waals surface area (Å²) in [6, 6.07) is 13.6. The Kier molecular flexibility index (Phi) is 7.02. The minimum Gasteiger partial charge on any atom is -0.494 e. The molecule has 2 aromatic heterocycles. The van der Waals surface area contributed by atoms with E-state index in [-0.39, 0.29) is 0 Å². The second-order valence-electron chi connectivity index (χ2n) is 6.90. The van der Waals surface area contributed by atoms with Gasteiger partial charge in [0, 0.05) is 11.6 Å². The quantitative estimate of drug-likeness (QED) is 0.358. The fraction of sp³-hybridized carbons (Fsp3) is 0.261. The summed E-state index contributed by atoms with van der Waals surface area (Å²) in [6.45, 7) is 5.69. The lowest BCUT2D eigenvalue weighted by molar-refractivity contribution is 0.323. The van der Waals surface area contributed by atoms with Crippen LogP contribution < -0.4 is 15.2 Å². The number of hydrogen-bond donors (Lipinski definition) is 1. The summed E-state index contributed by atoms with van der Waals surface area (Å²) in [5.41, 5.74) is 8.42. The van der Waals surface area contributed by atoms with Crippen LogP contribution in [0.1, 0.15) is 19.4 Å². The molecule has 0 amide bonds. The van der Waals surface area contributed by atoms with Crippen LogP contribution in [0.15, 0.2) is 58.8 Å². The summed E-state index contributed by atoms with van der Waals surface area (Å²) >= 11 is 7.86. The highest BCUT2D eigenvalue weighted by molar-refractivity contribution is 7.99. The van der Waals surface area contributed by atoms with E-state index in [0.717, 1.165) is 38.6 Å². The largest absolute Gasteiger partial charge is 0.494 e. The van der Waals surface area contributed by atoms with Gasteiger partial charge < -0.3 is 19.8 Å². The Hall–Kier alpha value is -2.97. The third-order valence-electron chi connectivity index (χ3n) is 4.82. The molecule has 4 rings (SSSR count). The Morgan fingerprint density at radius 2 is 1.88 bits per heavy atom. The van der Waals surface area contributed by atoms with Gasteiger partial charge in [-0.2, -0.15) is 0 Å². The van der Waals surface area contributed by atoms with E-state index in [4.69, 9.17) is 31.8 Å². The van der Waals surface area contributed by atoms with Crippen LogP contribution in [0.25, 0.3) is 11.2 Å². The summed E-state index contributed by atoms with van der Waals surface area (Å²) in [5.74, 6) is 1.89. The number of ether oxygens (including phenoxy) is 2. The van der Waals surface area contributed by atoms with E-state index < -0.39 is 0 Å². The molecule has 9 heteroatoms. The van der Waals surface area contributed by atoms with Gasteiger partial charge in [0.05, 0.1) is 18.1 Å². The summed E-state index contributed by atoms with van der Waals surface area (Å²) < 4.78 is 13.6. The van der Waals surface area contributed by atoms with Gasteiger partial charge in [-0.3, -0.25) is 0 Å². The summed E-state index contributed by atoms with van der Waals surface area (Å²) in [7, 11) is 0. The van der Waals surface area contributed by atoms with Crippen LogP contribution in [-0.4, -0.2) is 32.7 Å². The molecule has 4 aromatic rings. The van der Waals surface area contributed by atoms with Crippen molar-refractivity contribution in [3.8, 4) is 11.5 Å². The van der Waals surface area contributed by atoms with Gasteiger partial charge in [-0.1, -0.05) is 29.8 Å². The molecule has 0 bridgehead atoms. The first-order valence-electron chi connectivity index (χ1n) is 10.4. The van der Waals surface area contributed by atoms with Gasteiger partial charge in [-0.05, 0) is 61.9 Å². The molecule has 0 unspecified atom stereocenters. The normalized spacial score (nSPS) is 11.1. The van der Waals surface area contributed by atoms with E-state index in [1.165, 1.54) is 18.1 Å². The molecular formula is C23H24ClN5O2S. The van der Waals surface area contributed by atoms with Gasteiger partial charge in [-0.15, -0.1) is 0 Å². The number of hydrogen-bond acceptors (Lipinski definition) is 7. The van der Waals surface area contributed by atoms with Crippen LogP contribution >= 0.6 is 23.4 Å². The number of imidazole rings is 1. The van der Waals surface area contributed by atoms with Crippen LogP contribution in [-0.2, 0) is 13.0 Å². The van der Waals surface area contributed by atoms with Crippen LogP contribution in [0.2, 0.25) is 5.02 Å². The first-order valence-corrected chi connectivity index (χ1v) is 11.6. The molecule has 0 fully saturated rings. The zero-order chi connectivity index (χ0) is 22.5. The number of aryl methyl sites for hydroxylation is 2. The maximum atomic E-state index is 6.37. The number of nitrogens with zero attached hydrogens (tertiary/aromatic N) is 4. The Morgan fingerprint density at radius 3 is 2.66 bits per heavy atom. The summed E-state index contributed by atoms with van der Waals surface area (Å²) in [4.78, 5) is 14.2. The smallest absolute Gasteiger partial charge is 0.175 e. The molecular weight excluding hydrogens is 446 g/mol. The van der Waals surface area contributed by atoms with E-state index in [9.17, 15) is 0 Å². The molecule has 166 valence electrons. The number of nitrogens with two attached hydrogens (primary N) is 1. The van der Waals surface area contributed by atoms with Crippen molar-refractivity contribution in [3.05, 3.63) is 59.4 Å². The minimum absolute atomic E-state index is 0.349. The Balaban J connectivity index is 1.74. The first-order chi connectivity index (χ1) is 15.6. The lowest BCUT2D eigenvalue weighted by Gasteiger charge is -2.13. The Bertz CT molecular complexity index is 1230. The molecule has 0 aliphatic heterocycles. The average Bonchev–Trinajstić information content (AvgIpc) is 3.14. The SMILES string of the molecule is CCOc1ccc(OCC)c(Sc2nc3c(N)ncnc3n2CCc2ccccc2Cl)c1. The van der Waals surface area contributed by atoms with Crippen LogP contribution in [0.3, 0.4) is 0 Å². The van der Waals surface area contributed by atoms with Crippen LogP contribution in [0, 0.1) is 0 Å². The zero-order valence-corrected chi connectivity index (χ0v) is 19.5. The molecule has 0 saturated carbocycles. The fourth-order valence-corrected chi connectivity index (χ4v) is 4.60. The molecule has 7 nitrogen and oxygen atoms in total. The molecule has 2 N–H and O–H groups in total. The molecule has 0 atom stereocenters. The number of benzene rings is 2. The lowest BCUT2D eigenvalue weighted by atomic mass is 10.1. The molecule has 0 aliphatic rings. The zero-order valence-electron chi connectivity index (χ0n) is 17.9. The van der Waals surface area contributed by atoms with Crippen molar-refractivity contribution in [2.45, 2.75) is 36.9 Å². The Labute approximate surface area is 195 Å². The molecule has 0 aliphatic carbocycles. The van der Waals surface area contributed by atoms with E-state index in [1.807, 2.05) is 60.9 Å². The minimum atomic E-state index is 0.349. The summed E-state index contributed by atoms with van der Waals surface area (Å²) in [5, 5.41) is 1.48. The highest BCUT2D eigenvalue weighted by atomic mass is 35.5. The van der Waals surface area contributed by atoms with Gasteiger partial charge in [0.15, 0.2) is 22.1 Å². The number of rotatable bonds is 9. The van der Waals surface area contributed by atoms with E-state index >= 15 is 0 Å². The third-order valence-corrected chi connectivity index (χ3v) is 6.22. The second-order valence-corrected chi connectivity index (χ2v) is 8.31. The van der Waals surface area contributed by atoms with Crippen molar-refractivity contribution in [1.82, 2.24) is 19.5 Å². The average molecular weight is 470 g/mol. The predicted molar refractivity (Wildman–Crippen MR) is 128 cm³/mol. The Morgan fingerprint density at radius 1 is 1.06 bits per heavy atom. The number of fused-ring (bicyclic) bond motifs is 1. The van der Waals surface area contributed by atoms with Gasteiger partial charge >= 0.3 is 0 Å². The molecule has 32 heavy (non-hydrogen) atoms. The van der Waals surface area contributed by atoms with E-state index in [0.29, 0.717) is 36.7 Å². The van der Waals surface area contributed by atoms with Crippen molar-refractivity contribution in [2.75, 3.05) is 18.9 Å². The van der Waals surface area contributed by atoms with Crippen molar-refractivity contribution in [2.24, 2.45) is 0 Å². The topological polar surface area (TPSA) is 88.1 Å². The van der Waals surface area contributed by atoms with Crippen molar-refractivity contribution < 1.29 is 9.47 Å². The summed E-state index contributed by atoms with van der Waals surface area (Å²) in [6.07, 6.45) is 2.18. The van der Waals surface area contributed by atoms with Gasteiger partial charge in [-0.25, -0.2) is 15.0 Å². The predicted octanol–water partition coefficient (Wildman–Crippen LogP) is 5.25. The molecule has 0 saturated heterocycles. The van der Waals surface area contributed by atoms with Crippen LogP contribution in [0.4, 0.5) is 5.82 Å². The third kappa shape index (κ3) is 4.76. The number of halogens is 1. The van der Waals surface area contributed by atoms with Crippen LogP contribution in [0.5, 0.6) is 11.5 Å². The maximum Gasteiger partial charge on any atom is 0.175 e. The first kappa shape index (κ1) is 22.2. The maximum absolute atomic E-state index is 6.37. The molecule has 2 heterocycles. The van der Waals surface area contributed by atoms with E-state index in [1.54, 1.807) is 0 Å². The number of aromatic nitrogens is 4. The fourth-order valence-electron chi connectivity index (χ4n) is 3.34. The van der Waals surface area contributed by atoms with Gasteiger partial charge in [0.25, 0.3) is 0 Å². The van der Waals surface area contributed by atoms with E-state index in [2.05, 4.69) is 9.97 Å². The van der Waals surface area contributed by atoms with Crippen molar-refractivity contribution in [1.29, 1.82) is 0 Å². The molecule has 0 radical (unpaired) electrons. The standard InChI is InChI=1S/C23H24ClN5O2S/c1-3-30-16-9-10-18(31-4-2)19(13-16)32-23-28-20-21(25)26-14-27-22(20)29(23)12-11-15-7-5-6-8-17(15)24/h5-10,13-14H,3-4,11-12H2,1-2H3,(H2,25,26,27). The lowest BCUT2D eigenvalue weighted by Crippen LogP contribution is -2.05.